The molecule has 0 aliphatic heterocycles. The lowest BCUT2D eigenvalue weighted by molar-refractivity contribution is 0.0505. The monoisotopic (exact) mass is 228 g/mol. The van der Waals surface area contributed by atoms with Crippen molar-refractivity contribution < 1.29 is 9.53 Å². The van der Waals surface area contributed by atoms with Crippen LogP contribution in [0.15, 0.2) is 0 Å². The molecule has 0 saturated heterocycles. The van der Waals surface area contributed by atoms with Crippen LogP contribution in [0.2, 0.25) is 0 Å². The Balaban J connectivity index is 2.17. The molecule has 0 aromatic carbocycles. The van der Waals surface area contributed by atoms with Gasteiger partial charge in [0.05, 0.1) is 0 Å². The molecule has 16 heavy (non-hydrogen) atoms. The predicted molar refractivity (Wildman–Crippen MR) is 64.2 cm³/mol. The lowest BCUT2D eigenvalue weighted by atomic mass is 10.1. The fourth-order valence-corrected chi connectivity index (χ4v) is 1.50. The summed E-state index contributed by atoms with van der Waals surface area (Å²) in [6.07, 6.45) is 3.78. The van der Waals surface area contributed by atoms with E-state index in [4.69, 9.17) is 10.5 Å². The van der Waals surface area contributed by atoms with Crippen molar-refractivity contribution in [2.75, 3.05) is 0 Å². The molecule has 0 heterocycles. The number of alkyl carbamates (subject to hydrolysis) is 1. The van der Waals surface area contributed by atoms with Crippen LogP contribution >= 0.6 is 0 Å². The number of nitrogens with one attached hydrogen (secondary N) is 1. The van der Waals surface area contributed by atoms with Crippen LogP contribution in [0, 0.1) is 0 Å². The molecule has 1 amide bonds. The highest BCUT2D eigenvalue weighted by atomic mass is 16.6. The molecule has 1 fully saturated rings. The van der Waals surface area contributed by atoms with Gasteiger partial charge in [-0.1, -0.05) is 0 Å². The third-order valence-electron chi connectivity index (χ3n) is 2.73. The molecule has 0 radical (unpaired) electrons. The van der Waals surface area contributed by atoms with Gasteiger partial charge in [0.25, 0.3) is 0 Å². The first kappa shape index (κ1) is 13.3. The Morgan fingerprint density at radius 2 is 2.06 bits per heavy atom. The lowest BCUT2D eigenvalue weighted by Gasteiger charge is -2.22. The van der Waals surface area contributed by atoms with Gasteiger partial charge in [0.15, 0.2) is 0 Å². The van der Waals surface area contributed by atoms with Crippen LogP contribution in [0.3, 0.4) is 0 Å². The molecule has 1 saturated carbocycles. The highest BCUT2D eigenvalue weighted by Crippen LogP contribution is 2.36. The number of hydrogen-bond acceptors (Lipinski definition) is 3. The average molecular weight is 228 g/mol. The number of rotatable bonds is 4. The van der Waals surface area contributed by atoms with E-state index in [9.17, 15) is 4.79 Å². The molecule has 0 bridgehead atoms. The standard InChI is InChI=1S/C12H24N2O2/c1-9(5-6-12(13)7-8-12)14-10(15)16-11(2,3)4/h9H,5-8,13H2,1-4H3,(H,14,15). The maximum absolute atomic E-state index is 11.4. The van der Waals surface area contributed by atoms with Crippen LogP contribution in [0.5, 0.6) is 0 Å². The van der Waals surface area contributed by atoms with E-state index in [-0.39, 0.29) is 17.7 Å². The zero-order valence-electron chi connectivity index (χ0n) is 10.8. The van der Waals surface area contributed by atoms with Gasteiger partial charge in [-0.3, -0.25) is 0 Å². The van der Waals surface area contributed by atoms with Gasteiger partial charge in [0, 0.05) is 11.6 Å². The Bertz CT molecular complexity index is 254. The Labute approximate surface area is 97.9 Å². The highest BCUT2D eigenvalue weighted by molar-refractivity contribution is 5.67. The first-order valence-corrected chi connectivity index (χ1v) is 5.99. The third kappa shape index (κ3) is 5.35. The zero-order valence-corrected chi connectivity index (χ0v) is 10.8. The van der Waals surface area contributed by atoms with Gasteiger partial charge >= 0.3 is 6.09 Å². The molecule has 0 aromatic heterocycles. The van der Waals surface area contributed by atoms with Crippen molar-refractivity contribution in [2.24, 2.45) is 5.73 Å². The minimum atomic E-state index is -0.435. The van der Waals surface area contributed by atoms with Gasteiger partial charge in [-0.05, 0) is 53.4 Å². The number of nitrogens with two attached hydrogens (primary N) is 1. The van der Waals surface area contributed by atoms with E-state index in [1.807, 2.05) is 27.7 Å². The lowest BCUT2D eigenvalue weighted by Crippen LogP contribution is -2.38. The average Bonchev–Trinajstić information content (AvgIpc) is 2.78. The SMILES string of the molecule is CC(CCC1(N)CC1)NC(=O)OC(C)(C)C. The van der Waals surface area contributed by atoms with Crippen molar-refractivity contribution in [1.82, 2.24) is 5.32 Å². The van der Waals surface area contributed by atoms with Crippen LogP contribution in [0.1, 0.15) is 53.4 Å². The van der Waals surface area contributed by atoms with Crippen molar-refractivity contribution in [3.63, 3.8) is 0 Å². The molecular weight excluding hydrogens is 204 g/mol. The molecule has 1 rings (SSSR count). The summed E-state index contributed by atoms with van der Waals surface area (Å²) in [4.78, 5) is 11.4. The number of hydrogen-bond donors (Lipinski definition) is 2. The number of ether oxygens (including phenoxy) is 1. The Morgan fingerprint density at radius 3 is 2.50 bits per heavy atom. The van der Waals surface area contributed by atoms with Gasteiger partial charge < -0.3 is 15.8 Å². The second-order valence-corrected chi connectivity index (χ2v) is 5.95. The molecule has 1 aliphatic carbocycles. The van der Waals surface area contributed by atoms with E-state index in [0.717, 1.165) is 25.7 Å². The van der Waals surface area contributed by atoms with Crippen molar-refractivity contribution in [1.29, 1.82) is 0 Å². The molecule has 1 aliphatic rings. The summed E-state index contributed by atoms with van der Waals surface area (Å²) in [6.45, 7) is 7.55. The van der Waals surface area contributed by atoms with E-state index in [1.54, 1.807) is 0 Å². The van der Waals surface area contributed by atoms with E-state index in [1.165, 1.54) is 0 Å². The highest BCUT2D eigenvalue weighted by Gasteiger charge is 2.37. The van der Waals surface area contributed by atoms with Crippen molar-refractivity contribution in [3.8, 4) is 0 Å². The fourth-order valence-electron chi connectivity index (χ4n) is 1.50. The van der Waals surface area contributed by atoms with Crippen LogP contribution in [-0.4, -0.2) is 23.3 Å². The van der Waals surface area contributed by atoms with E-state index in [2.05, 4.69) is 5.32 Å². The molecule has 1 unspecified atom stereocenters. The van der Waals surface area contributed by atoms with Gasteiger partial charge in [-0.15, -0.1) is 0 Å². The summed E-state index contributed by atoms with van der Waals surface area (Å²) in [6, 6.07) is 0.121. The quantitative estimate of drug-likeness (QED) is 0.775. The molecular formula is C12H24N2O2. The number of carbonyl (C=O) groups excluding carboxylic acids is 1. The van der Waals surface area contributed by atoms with Gasteiger partial charge in [0.1, 0.15) is 5.60 Å². The normalized spacial score (nSPS) is 20.1. The Hall–Kier alpha value is -0.770. The summed E-state index contributed by atoms with van der Waals surface area (Å²) in [7, 11) is 0. The maximum Gasteiger partial charge on any atom is 0.407 e. The summed E-state index contributed by atoms with van der Waals surface area (Å²) < 4.78 is 5.17. The maximum atomic E-state index is 11.4. The van der Waals surface area contributed by atoms with Crippen molar-refractivity contribution in [2.45, 2.75) is 70.6 Å². The summed E-state index contributed by atoms with van der Waals surface area (Å²) in [5.41, 5.74) is 5.61. The topological polar surface area (TPSA) is 64.3 Å². The molecule has 0 aromatic rings. The van der Waals surface area contributed by atoms with E-state index >= 15 is 0 Å². The minimum absolute atomic E-state index is 0.0594. The molecule has 3 N–H and O–H groups in total. The van der Waals surface area contributed by atoms with Crippen LogP contribution in [-0.2, 0) is 4.74 Å². The van der Waals surface area contributed by atoms with Crippen LogP contribution in [0.25, 0.3) is 0 Å². The van der Waals surface area contributed by atoms with Gasteiger partial charge in [-0.25, -0.2) is 4.79 Å². The third-order valence-corrected chi connectivity index (χ3v) is 2.73. The summed E-state index contributed by atoms with van der Waals surface area (Å²) in [5, 5.41) is 2.82. The largest absolute Gasteiger partial charge is 0.444 e. The van der Waals surface area contributed by atoms with Crippen LogP contribution in [0.4, 0.5) is 4.79 Å². The van der Waals surface area contributed by atoms with Crippen molar-refractivity contribution >= 4 is 6.09 Å². The number of carbonyl (C=O) groups is 1. The number of amides is 1. The second kappa shape index (κ2) is 4.62. The zero-order chi connectivity index (χ0) is 12.4. The molecule has 0 spiro atoms. The fraction of sp³-hybridized carbons (Fsp3) is 0.917. The van der Waals surface area contributed by atoms with E-state index < -0.39 is 5.60 Å². The molecule has 1 atom stereocenters. The molecule has 4 nitrogen and oxygen atoms in total. The summed E-state index contributed by atoms with van der Waals surface area (Å²) >= 11 is 0. The summed E-state index contributed by atoms with van der Waals surface area (Å²) in [5.74, 6) is 0. The molecule has 4 heteroatoms. The molecule has 94 valence electrons. The minimum Gasteiger partial charge on any atom is -0.444 e. The van der Waals surface area contributed by atoms with Gasteiger partial charge in [0.2, 0.25) is 0 Å². The van der Waals surface area contributed by atoms with Crippen molar-refractivity contribution in [3.05, 3.63) is 0 Å². The second-order valence-electron chi connectivity index (χ2n) is 5.95. The first-order chi connectivity index (χ1) is 7.20. The van der Waals surface area contributed by atoms with Crippen LogP contribution < -0.4 is 11.1 Å². The van der Waals surface area contributed by atoms with E-state index in [0.29, 0.717) is 0 Å². The first-order valence-electron chi connectivity index (χ1n) is 5.99. The Kier molecular flexibility index (Phi) is 3.84. The Morgan fingerprint density at radius 1 is 1.50 bits per heavy atom. The predicted octanol–water partition coefficient (Wildman–Crippen LogP) is 2.17. The van der Waals surface area contributed by atoms with Gasteiger partial charge in [-0.2, -0.15) is 0 Å². The smallest absolute Gasteiger partial charge is 0.407 e.